The number of nitrogens with one attached hydrogen (secondary N) is 1. The first-order valence-electron chi connectivity index (χ1n) is 8.02. The van der Waals surface area contributed by atoms with Gasteiger partial charge in [0.05, 0.1) is 6.04 Å². The molecule has 6 heteroatoms. The molecule has 1 aliphatic heterocycles. The normalized spacial score (nSPS) is 17.4. The summed E-state index contributed by atoms with van der Waals surface area (Å²) in [6, 6.07) is 12.0. The Bertz CT molecular complexity index is 648. The average Bonchev–Trinajstić information content (AvgIpc) is 3.09. The van der Waals surface area contributed by atoms with Crippen LogP contribution in [0.15, 0.2) is 41.8 Å². The number of aryl methyl sites for hydroxylation is 1. The zero-order valence-corrected chi connectivity index (χ0v) is 15.8. The summed E-state index contributed by atoms with van der Waals surface area (Å²) in [5, 5.41) is 6.19. The summed E-state index contributed by atoms with van der Waals surface area (Å²) < 4.78 is 0. The lowest BCUT2D eigenvalue weighted by Gasteiger charge is -2.37. The Labute approximate surface area is 158 Å². The summed E-state index contributed by atoms with van der Waals surface area (Å²) in [5.41, 5.74) is 1.04. The summed E-state index contributed by atoms with van der Waals surface area (Å²) in [7, 11) is 0. The van der Waals surface area contributed by atoms with Crippen LogP contribution in [0.25, 0.3) is 0 Å². The van der Waals surface area contributed by atoms with Crippen LogP contribution in [0.1, 0.15) is 29.3 Å². The molecule has 1 aliphatic rings. The van der Waals surface area contributed by atoms with Gasteiger partial charge in [-0.05, 0) is 35.9 Å². The zero-order chi connectivity index (χ0) is 16.1. The number of halogens is 2. The van der Waals surface area contributed by atoms with Crippen molar-refractivity contribution in [1.29, 1.82) is 0 Å². The van der Waals surface area contributed by atoms with Gasteiger partial charge in [-0.15, -0.1) is 23.7 Å². The first-order valence-corrected chi connectivity index (χ1v) is 9.28. The van der Waals surface area contributed by atoms with Crippen LogP contribution in [0.5, 0.6) is 0 Å². The molecule has 3 nitrogen and oxygen atoms in total. The van der Waals surface area contributed by atoms with E-state index in [-0.39, 0.29) is 24.4 Å². The summed E-state index contributed by atoms with van der Waals surface area (Å²) in [6.45, 7) is 2.35. The van der Waals surface area contributed by atoms with Gasteiger partial charge in [-0.25, -0.2) is 0 Å². The molecule has 1 amide bonds. The van der Waals surface area contributed by atoms with E-state index in [4.69, 9.17) is 11.6 Å². The minimum absolute atomic E-state index is 0. The molecule has 0 aliphatic carbocycles. The van der Waals surface area contributed by atoms with E-state index < -0.39 is 0 Å². The van der Waals surface area contributed by atoms with Crippen LogP contribution in [-0.2, 0) is 11.2 Å². The Kier molecular flexibility index (Phi) is 7.56. The fourth-order valence-electron chi connectivity index (χ4n) is 3.04. The highest BCUT2D eigenvalue weighted by Crippen LogP contribution is 2.29. The van der Waals surface area contributed by atoms with E-state index in [1.54, 1.807) is 11.3 Å². The van der Waals surface area contributed by atoms with E-state index >= 15 is 0 Å². The molecule has 24 heavy (non-hydrogen) atoms. The van der Waals surface area contributed by atoms with Crippen molar-refractivity contribution in [2.75, 3.05) is 19.6 Å². The fourth-order valence-corrected chi connectivity index (χ4v) is 4.05. The minimum atomic E-state index is 0. The number of thiophene rings is 1. The summed E-state index contributed by atoms with van der Waals surface area (Å²) in [5.74, 6) is 0.230. The molecule has 1 aromatic carbocycles. The van der Waals surface area contributed by atoms with Gasteiger partial charge in [-0.2, -0.15) is 0 Å². The van der Waals surface area contributed by atoms with Crippen LogP contribution in [-0.4, -0.2) is 30.4 Å². The highest BCUT2D eigenvalue weighted by atomic mass is 35.5. The predicted molar refractivity (Wildman–Crippen MR) is 103 cm³/mol. The maximum Gasteiger partial charge on any atom is 0.223 e. The number of nitrogens with zero attached hydrogens (tertiary/aromatic N) is 1. The first-order chi connectivity index (χ1) is 11.3. The second-order valence-corrected chi connectivity index (χ2v) is 7.20. The molecule has 1 fully saturated rings. The van der Waals surface area contributed by atoms with E-state index in [0.29, 0.717) is 6.42 Å². The van der Waals surface area contributed by atoms with Gasteiger partial charge < -0.3 is 10.2 Å². The van der Waals surface area contributed by atoms with E-state index in [0.717, 1.165) is 43.1 Å². The van der Waals surface area contributed by atoms with Gasteiger partial charge in [-0.1, -0.05) is 35.9 Å². The van der Waals surface area contributed by atoms with Crippen molar-refractivity contribution < 1.29 is 4.79 Å². The Morgan fingerprint density at radius 3 is 2.88 bits per heavy atom. The van der Waals surface area contributed by atoms with E-state index in [2.05, 4.69) is 22.8 Å². The van der Waals surface area contributed by atoms with Crippen LogP contribution >= 0.6 is 35.3 Å². The smallest absolute Gasteiger partial charge is 0.223 e. The first kappa shape index (κ1) is 19.3. The van der Waals surface area contributed by atoms with E-state index in [1.165, 1.54) is 4.88 Å². The number of rotatable bonds is 5. The summed E-state index contributed by atoms with van der Waals surface area (Å²) in [6.07, 6.45) is 2.48. The molecule has 2 heterocycles. The van der Waals surface area contributed by atoms with Crippen molar-refractivity contribution in [3.63, 3.8) is 0 Å². The van der Waals surface area contributed by atoms with E-state index in [9.17, 15) is 4.79 Å². The van der Waals surface area contributed by atoms with Crippen LogP contribution < -0.4 is 5.32 Å². The number of hydrogen-bond donors (Lipinski definition) is 1. The van der Waals surface area contributed by atoms with Crippen LogP contribution in [0.3, 0.4) is 0 Å². The second kappa shape index (κ2) is 9.42. The second-order valence-electron chi connectivity index (χ2n) is 5.76. The minimum Gasteiger partial charge on any atom is -0.333 e. The molecule has 1 atom stereocenters. The third-order valence-corrected chi connectivity index (χ3v) is 5.50. The monoisotopic (exact) mass is 384 g/mol. The lowest BCUT2D eigenvalue weighted by molar-refractivity contribution is -0.134. The Morgan fingerprint density at radius 2 is 2.12 bits per heavy atom. The maximum atomic E-state index is 12.7. The quantitative estimate of drug-likeness (QED) is 0.832. The topological polar surface area (TPSA) is 32.3 Å². The third kappa shape index (κ3) is 4.73. The standard InChI is InChI=1S/C18H21ClN2OS.ClH/c19-16-8-2-1-7-15(16)17-13-20-10-11-21(17)18(22)9-3-5-14-6-4-12-23-14;/h1-2,4,6-8,12,17,20H,3,5,9-11,13H2;1H. The van der Waals surface area contributed by atoms with Crippen molar-refractivity contribution >= 4 is 41.3 Å². The number of carbonyl (C=O) groups excluding carboxylic acids is 1. The summed E-state index contributed by atoms with van der Waals surface area (Å²) >= 11 is 8.09. The number of carbonyl (C=O) groups is 1. The molecule has 1 N–H and O–H groups in total. The molecule has 0 saturated carbocycles. The van der Waals surface area contributed by atoms with Gasteiger partial charge in [0.25, 0.3) is 0 Å². The molecule has 1 aromatic heterocycles. The molecule has 2 aromatic rings. The predicted octanol–water partition coefficient (Wildman–Crippen LogP) is 4.32. The lowest BCUT2D eigenvalue weighted by atomic mass is 10.0. The van der Waals surface area contributed by atoms with Crippen molar-refractivity contribution in [2.24, 2.45) is 0 Å². The Morgan fingerprint density at radius 1 is 1.29 bits per heavy atom. The third-order valence-electron chi connectivity index (χ3n) is 4.22. The number of piperazine rings is 1. The number of amides is 1. The van der Waals surface area contributed by atoms with Crippen molar-refractivity contribution in [3.05, 3.63) is 57.2 Å². The van der Waals surface area contributed by atoms with Gasteiger partial charge in [0.15, 0.2) is 0 Å². The van der Waals surface area contributed by atoms with E-state index in [1.807, 2.05) is 29.2 Å². The fraction of sp³-hybridized carbons (Fsp3) is 0.389. The average molecular weight is 385 g/mol. The van der Waals surface area contributed by atoms with Crippen LogP contribution in [0.4, 0.5) is 0 Å². The van der Waals surface area contributed by atoms with Crippen molar-refractivity contribution in [3.8, 4) is 0 Å². The van der Waals surface area contributed by atoms with Crippen molar-refractivity contribution in [1.82, 2.24) is 10.2 Å². The molecule has 0 radical (unpaired) electrons. The largest absolute Gasteiger partial charge is 0.333 e. The number of benzene rings is 1. The van der Waals surface area contributed by atoms with Gasteiger partial charge >= 0.3 is 0 Å². The molecule has 1 saturated heterocycles. The van der Waals surface area contributed by atoms with Crippen LogP contribution in [0, 0.1) is 0 Å². The molecular formula is C18H22Cl2N2OS. The maximum absolute atomic E-state index is 12.7. The molecule has 0 spiro atoms. The molecule has 130 valence electrons. The highest BCUT2D eigenvalue weighted by molar-refractivity contribution is 7.09. The summed E-state index contributed by atoms with van der Waals surface area (Å²) in [4.78, 5) is 16.0. The van der Waals surface area contributed by atoms with Gasteiger partial charge in [-0.3, -0.25) is 4.79 Å². The highest BCUT2D eigenvalue weighted by Gasteiger charge is 2.28. The van der Waals surface area contributed by atoms with Gasteiger partial charge in [0, 0.05) is 36.0 Å². The molecule has 0 bridgehead atoms. The van der Waals surface area contributed by atoms with Gasteiger partial charge in [0.2, 0.25) is 5.91 Å². The van der Waals surface area contributed by atoms with Crippen molar-refractivity contribution in [2.45, 2.75) is 25.3 Å². The SMILES string of the molecule is Cl.O=C(CCCc1cccs1)N1CCNCC1c1ccccc1Cl. The molecule has 1 unspecified atom stereocenters. The van der Waals surface area contributed by atoms with Crippen LogP contribution in [0.2, 0.25) is 5.02 Å². The Hall–Kier alpha value is -1.07. The zero-order valence-electron chi connectivity index (χ0n) is 13.4. The Balaban J connectivity index is 0.00000208. The molecule has 3 rings (SSSR count). The van der Waals surface area contributed by atoms with Gasteiger partial charge in [0.1, 0.15) is 0 Å². The molecular weight excluding hydrogens is 363 g/mol. The number of hydrogen-bond acceptors (Lipinski definition) is 3. The lowest BCUT2D eigenvalue weighted by Crippen LogP contribution is -2.48.